The predicted octanol–water partition coefficient (Wildman–Crippen LogP) is 2.46. The minimum Gasteiger partial charge on any atom is -0.222 e. The van der Waals surface area contributed by atoms with Crippen LogP contribution in [0, 0.1) is 0 Å². The molecule has 3 rings (SSSR count). The maximum Gasteiger partial charge on any atom is 0.182 e. The first-order valence-corrected chi connectivity index (χ1v) is 5.78. The Kier molecular flexibility index (Phi) is 2.40. The number of benzene rings is 1. The summed E-state index contributed by atoms with van der Waals surface area (Å²) in [7, 11) is 0. The van der Waals surface area contributed by atoms with Crippen molar-refractivity contribution in [2.24, 2.45) is 0 Å². The minimum absolute atomic E-state index is 0.491. The first kappa shape index (κ1) is 9.51. The summed E-state index contributed by atoms with van der Waals surface area (Å²) in [5, 5.41) is 12.1. The molecule has 0 spiro atoms. The van der Waals surface area contributed by atoms with Crippen LogP contribution >= 0.6 is 0 Å². The Labute approximate surface area is 94.3 Å². The summed E-state index contributed by atoms with van der Waals surface area (Å²) in [5.41, 5.74) is 1.10. The Balaban J connectivity index is 1.99. The van der Waals surface area contributed by atoms with Crippen LogP contribution in [-0.4, -0.2) is 20.2 Å². The molecule has 1 heterocycles. The molecule has 4 nitrogen and oxygen atoms in total. The molecule has 1 aromatic heterocycles. The molecule has 1 fully saturated rings. The summed E-state index contributed by atoms with van der Waals surface area (Å²) < 4.78 is 1.99. The van der Waals surface area contributed by atoms with Crippen molar-refractivity contribution >= 4 is 0 Å². The van der Waals surface area contributed by atoms with Crippen LogP contribution in [0.1, 0.15) is 31.7 Å². The van der Waals surface area contributed by atoms with E-state index in [9.17, 15) is 0 Å². The second kappa shape index (κ2) is 4.04. The van der Waals surface area contributed by atoms with Crippen molar-refractivity contribution in [2.75, 3.05) is 0 Å². The van der Waals surface area contributed by atoms with Crippen LogP contribution in [0.25, 0.3) is 11.4 Å². The molecular weight excluding hydrogens is 200 g/mol. The molecule has 2 aromatic rings. The Hall–Kier alpha value is -1.71. The average molecular weight is 214 g/mol. The van der Waals surface area contributed by atoms with Crippen molar-refractivity contribution in [3.63, 3.8) is 0 Å². The predicted molar refractivity (Wildman–Crippen MR) is 60.8 cm³/mol. The lowest BCUT2D eigenvalue weighted by atomic mass is 10.2. The molecule has 82 valence electrons. The van der Waals surface area contributed by atoms with E-state index in [1.807, 2.05) is 22.9 Å². The van der Waals surface area contributed by atoms with Gasteiger partial charge < -0.3 is 0 Å². The first-order chi connectivity index (χ1) is 7.95. The summed E-state index contributed by atoms with van der Waals surface area (Å²) in [6, 6.07) is 10.6. The average Bonchev–Trinajstić information content (AvgIpc) is 3.01. The van der Waals surface area contributed by atoms with E-state index >= 15 is 0 Å². The van der Waals surface area contributed by atoms with E-state index in [1.165, 1.54) is 25.7 Å². The standard InChI is InChI=1S/C12H14N4/c1-2-6-10(7-3-1)12-13-14-15-16(12)11-8-4-5-9-11/h1-3,6-7,11H,4-5,8-9H2. The molecule has 0 N–H and O–H groups in total. The maximum absolute atomic E-state index is 4.13. The fraction of sp³-hybridized carbons (Fsp3) is 0.417. The molecule has 0 saturated heterocycles. The van der Waals surface area contributed by atoms with Gasteiger partial charge in [-0.2, -0.15) is 0 Å². The number of tetrazole rings is 1. The van der Waals surface area contributed by atoms with Crippen molar-refractivity contribution in [3.8, 4) is 11.4 Å². The summed E-state index contributed by atoms with van der Waals surface area (Å²) in [5.74, 6) is 0.896. The molecular formula is C12H14N4. The number of aromatic nitrogens is 4. The lowest BCUT2D eigenvalue weighted by Gasteiger charge is -2.10. The number of rotatable bonds is 2. The molecule has 1 aliphatic carbocycles. The zero-order valence-corrected chi connectivity index (χ0v) is 9.08. The normalized spacial score (nSPS) is 16.8. The molecule has 1 saturated carbocycles. The van der Waals surface area contributed by atoms with Crippen molar-refractivity contribution in [3.05, 3.63) is 30.3 Å². The molecule has 0 bridgehead atoms. The van der Waals surface area contributed by atoms with E-state index < -0.39 is 0 Å². The van der Waals surface area contributed by atoms with Crippen molar-refractivity contribution in [1.29, 1.82) is 0 Å². The highest BCUT2D eigenvalue weighted by molar-refractivity contribution is 5.54. The number of nitrogens with zero attached hydrogens (tertiary/aromatic N) is 4. The third kappa shape index (κ3) is 1.60. The van der Waals surface area contributed by atoms with Gasteiger partial charge in [0.25, 0.3) is 0 Å². The number of hydrogen-bond acceptors (Lipinski definition) is 3. The van der Waals surface area contributed by atoms with E-state index in [4.69, 9.17) is 0 Å². The lowest BCUT2D eigenvalue weighted by molar-refractivity contribution is 0.458. The van der Waals surface area contributed by atoms with Gasteiger partial charge in [-0.25, -0.2) is 4.68 Å². The fourth-order valence-electron chi connectivity index (χ4n) is 2.37. The van der Waals surface area contributed by atoms with Crippen LogP contribution in [-0.2, 0) is 0 Å². The molecule has 0 radical (unpaired) electrons. The summed E-state index contributed by atoms with van der Waals surface area (Å²) in [6.07, 6.45) is 4.98. The van der Waals surface area contributed by atoms with E-state index in [0.29, 0.717) is 6.04 Å². The second-order valence-corrected chi connectivity index (χ2v) is 4.25. The molecule has 0 unspecified atom stereocenters. The topological polar surface area (TPSA) is 43.6 Å². The highest BCUT2D eigenvalue weighted by Gasteiger charge is 2.21. The SMILES string of the molecule is c1ccc(-c2nnnn2C2CCCC2)cc1. The van der Waals surface area contributed by atoms with E-state index in [0.717, 1.165) is 11.4 Å². The highest BCUT2D eigenvalue weighted by atomic mass is 15.5. The monoisotopic (exact) mass is 214 g/mol. The van der Waals surface area contributed by atoms with Crippen LogP contribution in [0.4, 0.5) is 0 Å². The van der Waals surface area contributed by atoms with Crippen molar-refractivity contribution in [2.45, 2.75) is 31.7 Å². The number of hydrogen-bond donors (Lipinski definition) is 0. The van der Waals surface area contributed by atoms with Crippen molar-refractivity contribution in [1.82, 2.24) is 20.2 Å². The Morgan fingerprint density at radius 1 is 1.06 bits per heavy atom. The van der Waals surface area contributed by atoms with Gasteiger partial charge in [0.15, 0.2) is 5.82 Å². The van der Waals surface area contributed by atoms with Crippen LogP contribution in [0.15, 0.2) is 30.3 Å². The molecule has 0 aliphatic heterocycles. The van der Waals surface area contributed by atoms with Gasteiger partial charge in [-0.1, -0.05) is 43.2 Å². The van der Waals surface area contributed by atoms with Crippen LogP contribution in [0.2, 0.25) is 0 Å². The van der Waals surface area contributed by atoms with Crippen LogP contribution < -0.4 is 0 Å². The zero-order chi connectivity index (χ0) is 10.8. The Morgan fingerprint density at radius 2 is 1.81 bits per heavy atom. The fourth-order valence-corrected chi connectivity index (χ4v) is 2.37. The minimum atomic E-state index is 0.491. The Morgan fingerprint density at radius 3 is 2.56 bits per heavy atom. The van der Waals surface area contributed by atoms with Gasteiger partial charge >= 0.3 is 0 Å². The quantitative estimate of drug-likeness (QED) is 0.771. The summed E-state index contributed by atoms with van der Waals surface area (Å²) in [4.78, 5) is 0. The van der Waals surface area contributed by atoms with Gasteiger partial charge in [0.05, 0.1) is 6.04 Å². The largest absolute Gasteiger partial charge is 0.222 e. The molecule has 1 aliphatic rings. The summed E-state index contributed by atoms with van der Waals surface area (Å²) >= 11 is 0. The highest BCUT2D eigenvalue weighted by Crippen LogP contribution is 2.31. The smallest absolute Gasteiger partial charge is 0.182 e. The molecule has 1 aromatic carbocycles. The lowest BCUT2D eigenvalue weighted by Crippen LogP contribution is -2.08. The molecule has 4 heteroatoms. The van der Waals surface area contributed by atoms with E-state index in [2.05, 4.69) is 27.7 Å². The first-order valence-electron chi connectivity index (χ1n) is 5.78. The zero-order valence-electron chi connectivity index (χ0n) is 9.08. The van der Waals surface area contributed by atoms with Gasteiger partial charge in [0.1, 0.15) is 0 Å². The summed E-state index contributed by atoms with van der Waals surface area (Å²) in [6.45, 7) is 0. The molecule has 0 amide bonds. The van der Waals surface area contributed by atoms with Gasteiger partial charge in [-0.05, 0) is 23.3 Å². The second-order valence-electron chi connectivity index (χ2n) is 4.25. The van der Waals surface area contributed by atoms with Crippen molar-refractivity contribution < 1.29 is 0 Å². The third-order valence-electron chi connectivity index (χ3n) is 3.20. The van der Waals surface area contributed by atoms with E-state index in [1.54, 1.807) is 0 Å². The van der Waals surface area contributed by atoms with Crippen LogP contribution in [0.5, 0.6) is 0 Å². The van der Waals surface area contributed by atoms with Gasteiger partial charge in [-0.15, -0.1) is 5.10 Å². The van der Waals surface area contributed by atoms with Crippen LogP contribution in [0.3, 0.4) is 0 Å². The van der Waals surface area contributed by atoms with E-state index in [-0.39, 0.29) is 0 Å². The third-order valence-corrected chi connectivity index (χ3v) is 3.20. The Bertz CT molecular complexity index is 457. The molecule has 0 atom stereocenters. The van der Waals surface area contributed by atoms with Gasteiger partial charge in [-0.3, -0.25) is 0 Å². The maximum atomic E-state index is 4.13. The molecule has 16 heavy (non-hydrogen) atoms. The van der Waals surface area contributed by atoms with Gasteiger partial charge in [0.2, 0.25) is 0 Å². The van der Waals surface area contributed by atoms with Gasteiger partial charge in [0, 0.05) is 5.56 Å².